The molecule has 2 aromatic heterocycles. The van der Waals surface area contributed by atoms with E-state index in [0.29, 0.717) is 10.8 Å². The Balaban J connectivity index is 1.21. The van der Waals surface area contributed by atoms with E-state index >= 15 is 0 Å². The summed E-state index contributed by atoms with van der Waals surface area (Å²) in [5.74, 6) is -1.31. The van der Waals surface area contributed by atoms with Crippen molar-refractivity contribution in [1.82, 2.24) is 15.3 Å². The zero-order chi connectivity index (χ0) is 48.1. The molecule has 348 valence electrons. The lowest BCUT2D eigenvalue weighted by Gasteiger charge is -2.09. The molecular formula is C41H31N9O13S5. The van der Waals surface area contributed by atoms with Gasteiger partial charge in [-0.3, -0.25) is 9.11 Å². The maximum absolute atomic E-state index is 14.6. The molecule has 0 aliphatic carbocycles. The van der Waals surface area contributed by atoms with Gasteiger partial charge in [-0.05, 0) is 35.9 Å². The second-order valence-electron chi connectivity index (χ2n) is 15.4. The van der Waals surface area contributed by atoms with Crippen LogP contribution >= 0.6 is 0 Å². The van der Waals surface area contributed by atoms with Crippen LogP contribution < -0.4 is 21.4 Å². The molecule has 0 saturated carbocycles. The van der Waals surface area contributed by atoms with Gasteiger partial charge >= 0.3 is 10.4 Å². The lowest BCUT2D eigenvalue weighted by molar-refractivity contribution is 0.284. The number of nitrogens with one attached hydrogen (secondary N) is 3. The SMILES string of the molecule is NS(=O)(=O)c1cccc2c1C1=Nc3[nH]c(c4ccccc34)N=C3N=C(N=c4[nH]c(c5c(S(=O)(=O)Cc6ccc(S(=O)(=O)CCOS(=O)(=O)O)cc6)cccc45)=NC2N1)c1c3cccc1S(=O)(=O)O. The molecule has 1 atom stereocenters. The molecule has 3 aliphatic rings. The van der Waals surface area contributed by atoms with Gasteiger partial charge in [0, 0.05) is 38.2 Å². The number of primary sulfonamides is 1. The summed E-state index contributed by atoms with van der Waals surface area (Å²) in [6.45, 7) is -0.871. The summed E-state index contributed by atoms with van der Waals surface area (Å²) >= 11 is 0. The first-order valence-electron chi connectivity index (χ1n) is 19.7. The average Bonchev–Trinajstić information content (AvgIpc) is 4.01. The zero-order valence-corrected chi connectivity index (χ0v) is 38.3. The van der Waals surface area contributed by atoms with Crippen molar-refractivity contribution in [3.8, 4) is 0 Å². The minimum Gasteiger partial charge on any atom is -0.344 e. The quantitative estimate of drug-likeness (QED) is 0.107. The van der Waals surface area contributed by atoms with E-state index < -0.39 is 79.4 Å². The van der Waals surface area contributed by atoms with Crippen LogP contribution in [0.3, 0.4) is 0 Å². The normalized spacial score (nSPS) is 16.0. The molecule has 3 aliphatic heterocycles. The molecule has 10 rings (SSSR count). The molecule has 0 spiro atoms. The van der Waals surface area contributed by atoms with Gasteiger partial charge in [0.05, 0.1) is 38.4 Å². The Labute approximate surface area is 385 Å². The standard InChI is InChI=1S/C41H31N9O13S5/c42-66(55,56)29-12-4-9-26-32(29)40-45-35-24-7-2-1-6-23(24)34(43-35)44-36-27-10-5-13-30(67(57,58)59)33(27)41(46-36)50-37-25-8-3-11-28(31(25)39(47-37)48-38(26)49-40)65(53,54)20-21-14-16-22(17-15-21)64(51,52)19-18-63-68(60,61)62/h1-17,38,43H,18-20H2,(H,45,49)(H2,42,55,56)(H,57,58,59)(H,60,61,62)(H,44,46,47,48,50). The molecule has 0 radical (unpaired) electrons. The summed E-state index contributed by atoms with van der Waals surface area (Å²) in [5.41, 5.74) is 0.395. The zero-order valence-electron chi connectivity index (χ0n) is 34.3. The number of fused-ring (bicyclic) bond motifs is 19. The third-order valence-electron chi connectivity index (χ3n) is 11.1. The van der Waals surface area contributed by atoms with Crippen molar-refractivity contribution in [2.24, 2.45) is 30.1 Å². The summed E-state index contributed by atoms with van der Waals surface area (Å²) in [6, 6.07) is 24.5. The Hall–Kier alpha value is -6.82. The van der Waals surface area contributed by atoms with E-state index in [-0.39, 0.29) is 93.4 Å². The lowest BCUT2D eigenvalue weighted by atomic mass is 10.1. The van der Waals surface area contributed by atoms with Gasteiger partial charge < -0.3 is 15.3 Å². The number of sulfonamides is 1. The van der Waals surface area contributed by atoms with Crippen LogP contribution in [0.5, 0.6) is 0 Å². The highest BCUT2D eigenvalue weighted by Gasteiger charge is 2.35. The second kappa shape index (κ2) is 15.9. The minimum absolute atomic E-state index is 0.0136. The minimum atomic E-state index is -4.91. The Morgan fingerprint density at radius 2 is 1.25 bits per heavy atom. The third-order valence-corrected chi connectivity index (χ3v) is 16.8. The molecule has 68 heavy (non-hydrogen) atoms. The molecule has 0 fully saturated rings. The molecular weight excluding hydrogens is 987 g/mol. The van der Waals surface area contributed by atoms with E-state index in [0.717, 1.165) is 18.2 Å². The number of aromatic nitrogens is 2. The first-order chi connectivity index (χ1) is 32.1. The predicted molar refractivity (Wildman–Crippen MR) is 245 cm³/mol. The Kier molecular flexibility index (Phi) is 10.5. The average molecular weight is 1020 g/mol. The number of aromatic amines is 2. The van der Waals surface area contributed by atoms with Crippen LogP contribution in [-0.2, 0) is 60.2 Å². The molecule has 5 heterocycles. The first kappa shape index (κ1) is 45.0. The summed E-state index contributed by atoms with van der Waals surface area (Å²) in [6.07, 6.45) is -1.16. The number of nitrogens with two attached hydrogens (primary N) is 1. The van der Waals surface area contributed by atoms with Crippen molar-refractivity contribution >= 4 is 101 Å². The van der Waals surface area contributed by atoms with Crippen LogP contribution in [0.25, 0.3) is 21.5 Å². The Morgan fingerprint density at radius 3 is 1.94 bits per heavy atom. The molecule has 22 nitrogen and oxygen atoms in total. The summed E-state index contributed by atoms with van der Waals surface area (Å²) in [7, 11) is -22.7. The molecule has 5 aromatic carbocycles. The van der Waals surface area contributed by atoms with Crippen molar-refractivity contribution in [2.45, 2.75) is 31.5 Å². The highest BCUT2D eigenvalue weighted by molar-refractivity contribution is 7.91. The maximum atomic E-state index is 14.6. The number of sulfone groups is 2. The van der Waals surface area contributed by atoms with E-state index in [1.807, 2.05) is 0 Å². The van der Waals surface area contributed by atoms with Crippen LogP contribution in [-0.4, -0.2) is 91.0 Å². The highest BCUT2D eigenvalue weighted by atomic mass is 32.3. The number of benzene rings is 5. The van der Waals surface area contributed by atoms with Crippen LogP contribution in [0.15, 0.2) is 148 Å². The van der Waals surface area contributed by atoms with Gasteiger partial charge in [0.25, 0.3) is 10.1 Å². The molecule has 1 unspecified atom stereocenters. The van der Waals surface area contributed by atoms with E-state index in [1.54, 1.807) is 30.3 Å². The molecule has 0 amide bonds. The Morgan fingerprint density at radius 1 is 0.603 bits per heavy atom. The number of hydrogen-bond donors (Lipinski definition) is 6. The van der Waals surface area contributed by atoms with E-state index in [2.05, 4.69) is 24.5 Å². The van der Waals surface area contributed by atoms with Crippen molar-refractivity contribution in [3.63, 3.8) is 0 Å². The fourth-order valence-corrected chi connectivity index (χ4v) is 12.7. The maximum Gasteiger partial charge on any atom is 0.397 e. The van der Waals surface area contributed by atoms with Crippen molar-refractivity contribution < 1.29 is 55.4 Å². The fraction of sp³-hybridized carbons (Fsp3) is 0.0976. The summed E-state index contributed by atoms with van der Waals surface area (Å²) in [5, 5.41) is 10.1. The lowest BCUT2D eigenvalue weighted by Crippen LogP contribution is -2.23. The van der Waals surface area contributed by atoms with Gasteiger partial charge in [0.1, 0.15) is 39.5 Å². The molecule has 7 N–H and O–H groups in total. The van der Waals surface area contributed by atoms with Crippen LogP contribution in [0.2, 0.25) is 0 Å². The number of hydrogen-bond acceptors (Lipinski definition) is 17. The molecule has 0 saturated heterocycles. The monoisotopic (exact) mass is 1020 g/mol. The van der Waals surface area contributed by atoms with Crippen molar-refractivity contribution in [2.75, 3.05) is 12.4 Å². The number of rotatable bonds is 10. The molecule has 8 bridgehead atoms. The molecule has 7 aromatic rings. The largest absolute Gasteiger partial charge is 0.397 e. The summed E-state index contributed by atoms with van der Waals surface area (Å²) < 4.78 is 152. The van der Waals surface area contributed by atoms with Gasteiger partial charge in [0.2, 0.25) is 10.0 Å². The van der Waals surface area contributed by atoms with Gasteiger partial charge in [0.15, 0.2) is 31.3 Å². The topological polar surface area (TPSA) is 352 Å². The Bertz CT molecular complexity index is 4190. The van der Waals surface area contributed by atoms with E-state index in [9.17, 15) is 46.6 Å². The van der Waals surface area contributed by atoms with Crippen LogP contribution in [0.1, 0.15) is 34.0 Å². The highest BCUT2D eigenvalue weighted by Crippen LogP contribution is 2.39. The van der Waals surface area contributed by atoms with Gasteiger partial charge in [-0.25, -0.2) is 59.5 Å². The number of nitrogens with zero attached hydrogens (tertiary/aromatic N) is 5. The summed E-state index contributed by atoms with van der Waals surface area (Å²) in [4.78, 5) is 28.8. The number of amidine groups is 3. The van der Waals surface area contributed by atoms with Crippen LogP contribution in [0.4, 0.5) is 11.6 Å². The van der Waals surface area contributed by atoms with Crippen molar-refractivity contribution in [3.05, 3.63) is 142 Å². The van der Waals surface area contributed by atoms with E-state index in [4.69, 9.17) is 29.7 Å². The van der Waals surface area contributed by atoms with Gasteiger partial charge in [-0.1, -0.05) is 72.8 Å². The predicted octanol–water partition coefficient (Wildman–Crippen LogP) is 2.58. The van der Waals surface area contributed by atoms with E-state index in [1.165, 1.54) is 54.6 Å². The van der Waals surface area contributed by atoms with Crippen LogP contribution in [0, 0.1) is 0 Å². The third kappa shape index (κ3) is 8.11. The van der Waals surface area contributed by atoms with Gasteiger partial charge in [-0.15, -0.1) is 0 Å². The molecule has 27 heteroatoms. The number of aliphatic imine (C=N–C) groups is 3. The smallest absolute Gasteiger partial charge is 0.344 e. The first-order valence-corrected chi connectivity index (χ1v) is 27.4. The van der Waals surface area contributed by atoms with Crippen molar-refractivity contribution in [1.29, 1.82) is 0 Å². The number of H-pyrrole nitrogens is 2. The fourth-order valence-electron chi connectivity index (χ4n) is 8.17. The van der Waals surface area contributed by atoms with Gasteiger partial charge in [-0.2, -0.15) is 16.8 Å². The second-order valence-corrected chi connectivity index (χ2v) is 23.5.